The van der Waals surface area contributed by atoms with E-state index in [1.165, 1.54) is 12.1 Å². The third kappa shape index (κ3) is 5.35. The molecule has 13 heteroatoms. The molecule has 1 saturated heterocycles. The third-order valence-electron chi connectivity index (χ3n) is 9.25. The lowest BCUT2D eigenvalue weighted by atomic mass is 9.82. The number of carbonyl (C=O) groups is 2. The molecule has 2 aromatic heterocycles. The molecule has 2 unspecified atom stereocenters. The van der Waals surface area contributed by atoms with Crippen LogP contribution < -0.4 is 10.2 Å². The first-order chi connectivity index (χ1) is 22.6. The Balaban J connectivity index is 1.31. The first-order valence-corrected chi connectivity index (χ1v) is 16.2. The number of anilines is 3. The van der Waals surface area contributed by atoms with Gasteiger partial charge >= 0.3 is 6.18 Å². The number of fused-ring (bicyclic) bond motifs is 4. The molecule has 0 bridgehead atoms. The van der Waals surface area contributed by atoms with Crippen molar-refractivity contribution in [2.24, 2.45) is 5.92 Å². The second kappa shape index (κ2) is 11.9. The van der Waals surface area contributed by atoms with Crippen molar-refractivity contribution in [3.8, 4) is 0 Å². The van der Waals surface area contributed by atoms with Gasteiger partial charge in [0.05, 0.1) is 34.9 Å². The molecule has 4 heterocycles. The number of likely N-dealkylation sites (tertiary alicyclic amines) is 1. The highest BCUT2D eigenvalue weighted by Gasteiger charge is 2.49. The Kier molecular flexibility index (Phi) is 7.81. The highest BCUT2D eigenvalue weighted by Crippen LogP contribution is 2.46. The minimum Gasteiger partial charge on any atom is -0.371 e. The van der Waals surface area contributed by atoms with E-state index >= 15 is 0 Å². The van der Waals surface area contributed by atoms with E-state index in [1.807, 2.05) is 60.1 Å². The van der Waals surface area contributed by atoms with Crippen molar-refractivity contribution >= 4 is 56.0 Å². The molecule has 0 saturated carbocycles. The van der Waals surface area contributed by atoms with Crippen LogP contribution in [0.1, 0.15) is 52.9 Å². The van der Waals surface area contributed by atoms with Crippen molar-refractivity contribution in [3.63, 3.8) is 0 Å². The van der Waals surface area contributed by atoms with Crippen molar-refractivity contribution in [1.29, 1.82) is 0 Å². The van der Waals surface area contributed by atoms with Gasteiger partial charge in [-0.25, -0.2) is 4.68 Å². The standard InChI is InChI=1S/C34H31BrF3N7O2/c1-3-22-15-25-29(18-43(22)32(46)20-9-12-27(35)26(14-20)34(36,37)38)45-31(21(17-40-45)13-19-7-5-4-6-8-19)44(33(25)47)23-10-11-24-28(16-23)41-42-30(24)39-2/h4-12,14,16-17,22,25,29H,3,13,15,18H2,1-2H3,(H2,39,41,42)/t22-,25?,29?/m1/s1. The van der Waals surface area contributed by atoms with Gasteiger partial charge in [0, 0.05) is 47.0 Å². The molecule has 9 nitrogen and oxygen atoms in total. The first-order valence-electron chi connectivity index (χ1n) is 15.4. The van der Waals surface area contributed by atoms with Gasteiger partial charge in [-0.1, -0.05) is 53.2 Å². The number of carbonyl (C=O) groups excluding carboxylic acids is 2. The summed E-state index contributed by atoms with van der Waals surface area (Å²) < 4.78 is 42.9. The average Bonchev–Trinajstić information content (AvgIpc) is 3.68. The zero-order valence-electron chi connectivity index (χ0n) is 25.6. The number of H-pyrrole nitrogens is 1. The number of nitrogens with one attached hydrogen (secondary N) is 2. The molecule has 5 aromatic rings. The van der Waals surface area contributed by atoms with Crippen molar-refractivity contribution in [3.05, 3.63) is 99.7 Å². The zero-order chi connectivity index (χ0) is 33.0. The predicted octanol–water partition coefficient (Wildman–Crippen LogP) is 7.33. The number of piperidine rings is 1. The molecule has 7 rings (SSSR count). The summed E-state index contributed by atoms with van der Waals surface area (Å²) in [5.74, 6) is 0.174. The van der Waals surface area contributed by atoms with Crippen LogP contribution in [0.3, 0.4) is 0 Å². The predicted molar refractivity (Wildman–Crippen MR) is 176 cm³/mol. The Hall–Kier alpha value is -4.65. The normalized spacial score (nSPS) is 19.5. The monoisotopic (exact) mass is 705 g/mol. The van der Waals surface area contributed by atoms with Gasteiger partial charge in [-0.15, -0.1) is 0 Å². The number of aromatic nitrogens is 4. The number of aromatic amines is 1. The number of benzene rings is 3. The quantitative estimate of drug-likeness (QED) is 0.193. The van der Waals surface area contributed by atoms with Crippen LogP contribution in [0.25, 0.3) is 10.9 Å². The van der Waals surface area contributed by atoms with E-state index in [2.05, 4.69) is 31.4 Å². The number of rotatable bonds is 6. The summed E-state index contributed by atoms with van der Waals surface area (Å²) in [5.41, 5.74) is 2.33. The number of amides is 2. The van der Waals surface area contributed by atoms with Gasteiger partial charge in [-0.05, 0) is 54.8 Å². The molecule has 3 aromatic carbocycles. The molecule has 242 valence electrons. The lowest BCUT2D eigenvalue weighted by Crippen LogP contribution is -2.56. The lowest BCUT2D eigenvalue weighted by Gasteiger charge is -2.48. The van der Waals surface area contributed by atoms with E-state index in [0.29, 0.717) is 36.6 Å². The lowest BCUT2D eigenvalue weighted by molar-refractivity contribution is -0.138. The zero-order valence-corrected chi connectivity index (χ0v) is 27.1. The highest BCUT2D eigenvalue weighted by atomic mass is 79.9. The molecule has 2 aliphatic heterocycles. The number of hydrogen-bond donors (Lipinski definition) is 2. The van der Waals surface area contributed by atoms with Gasteiger partial charge in [0.25, 0.3) is 5.91 Å². The number of halogens is 4. The van der Waals surface area contributed by atoms with Crippen LogP contribution >= 0.6 is 15.9 Å². The van der Waals surface area contributed by atoms with Crippen LogP contribution in [0, 0.1) is 5.92 Å². The molecular formula is C34H31BrF3N7O2. The van der Waals surface area contributed by atoms with Crippen LogP contribution in [-0.2, 0) is 17.4 Å². The molecule has 0 radical (unpaired) electrons. The van der Waals surface area contributed by atoms with Crippen LogP contribution in [0.15, 0.2) is 77.4 Å². The van der Waals surface area contributed by atoms with Crippen LogP contribution in [-0.4, -0.2) is 56.3 Å². The Morgan fingerprint density at radius 1 is 1.11 bits per heavy atom. The fourth-order valence-corrected chi connectivity index (χ4v) is 7.39. The second-order valence-electron chi connectivity index (χ2n) is 11.9. The summed E-state index contributed by atoms with van der Waals surface area (Å²) in [6.45, 7) is 2.05. The van der Waals surface area contributed by atoms with Crippen LogP contribution in [0.4, 0.5) is 30.5 Å². The molecular weight excluding hydrogens is 675 g/mol. The minimum absolute atomic E-state index is 0.0551. The van der Waals surface area contributed by atoms with Crippen molar-refractivity contribution < 1.29 is 22.8 Å². The maximum absolute atomic E-state index is 14.6. The summed E-state index contributed by atoms with van der Waals surface area (Å²) in [4.78, 5) is 31.9. The molecule has 2 aliphatic rings. The summed E-state index contributed by atoms with van der Waals surface area (Å²) in [5, 5.41) is 16.1. The van der Waals surface area contributed by atoms with Gasteiger partial charge in [-0.3, -0.25) is 19.6 Å². The number of nitrogens with zero attached hydrogens (tertiary/aromatic N) is 5. The Labute approximate surface area is 276 Å². The minimum atomic E-state index is -4.63. The van der Waals surface area contributed by atoms with E-state index in [0.717, 1.165) is 28.1 Å². The molecule has 3 atom stereocenters. The first kappa shape index (κ1) is 31.0. The molecule has 2 N–H and O–H groups in total. The number of hydrogen-bond acceptors (Lipinski definition) is 5. The Morgan fingerprint density at radius 2 is 1.89 bits per heavy atom. The van der Waals surface area contributed by atoms with Crippen LogP contribution in [0.5, 0.6) is 0 Å². The van der Waals surface area contributed by atoms with Gasteiger partial charge in [0.1, 0.15) is 5.82 Å². The van der Waals surface area contributed by atoms with Gasteiger partial charge in [-0.2, -0.15) is 23.4 Å². The molecule has 2 amide bonds. The molecule has 0 spiro atoms. The molecule has 47 heavy (non-hydrogen) atoms. The summed E-state index contributed by atoms with van der Waals surface area (Å²) >= 11 is 2.97. The topological polar surface area (TPSA) is 99.2 Å². The smallest absolute Gasteiger partial charge is 0.371 e. The van der Waals surface area contributed by atoms with E-state index in [1.54, 1.807) is 23.0 Å². The van der Waals surface area contributed by atoms with Crippen molar-refractivity contribution in [2.75, 3.05) is 23.8 Å². The third-order valence-corrected chi connectivity index (χ3v) is 9.94. The van der Waals surface area contributed by atoms with E-state index in [4.69, 9.17) is 5.10 Å². The van der Waals surface area contributed by atoms with Gasteiger partial charge < -0.3 is 10.2 Å². The molecule has 1 fully saturated rings. The average molecular weight is 707 g/mol. The van der Waals surface area contributed by atoms with Crippen molar-refractivity contribution in [1.82, 2.24) is 24.9 Å². The number of alkyl halides is 3. The highest BCUT2D eigenvalue weighted by molar-refractivity contribution is 9.10. The maximum atomic E-state index is 14.6. The van der Waals surface area contributed by atoms with Gasteiger partial charge in [0.15, 0.2) is 5.82 Å². The van der Waals surface area contributed by atoms with Crippen molar-refractivity contribution in [2.45, 2.75) is 44.4 Å². The van der Waals surface area contributed by atoms with Gasteiger partial charge in [0.2, 0.25) is 5.91 Å². The fourth-order valence-electron chi connectivity index (χ4n) is 6.92. The summed E-state index contributed by atoms with van der Waals surface area (Å²) in [6, 6.07) is 18.3. The SMILES string of the molecule is CC[C@@H]1CC2C(=O)N(c3ccc4c(NC)n[nH]c4c3)c3c(Cc4ccccc4)cnn3C2CN1C(=O)c1ccc(Br)c(C(F)(F)F)c1. The van der Waals surface area contributed by atoms with E-state index in [9.17, 15) is 22.8 Å². The summed E-state index contributed by atoms with van der Waals surface area (Å²) in [6.07, 6.45) is -1.47. The maximum Gasteiger partial charge on any atom is 0.417 e. The largest absolute Gasteiger partial charge is 0.417 e. The molecule has 0 aliphatic carbocycles. The van der Waals surface area contributed by atoms with Crippen LogP contribution in [0.2, 0.25) is 0 Å². The summed E-state index contributed by atoms with van der Waals surface area (Å²) in [7, 11) is 1.79. The van der Waals surface area contributed by atoms with E-state index in [-0.39, 0.29) is 28.5 Å². The Morgan fingerprint density at radius 3 is 2.62 bits per heavy atom. The van der Waals surface area contributed by atoms with E-state index < -0.39 is 29.6 Å². The second-order valence-corrected chi connectivity index (χ2v) is 12.8. The fraction of sp³-hybridized carbons (Fsp3) is 0.294. The Bertz CT molecular complexity index is 1990.